The number of halogens is 2. The van der Waals surface area contributed by atoms with E-state index in [1.165, 1.54) is 0 Å². The van der Waals surface area contributed by atoms with E-state index in [4.69, 9.17) is 26.1 Å². The lowest BCUT2D eigenvalue weighted by molar-refractivity contribution is 0.0205. The highest BCUT2D eigenvalue weighted by Crippen LogP contribution is 2.25. The van der Waals surface area contributed by atoms with Crippen molar-refractivity contribution in [2.75, 3.05) is 57.5 Å². The molecule has 0 spiro atoms. The van der Waals surface area contributed by atoms with Gasteiger partial charge in [-0.25, -0.2) is 4.98 Å². The first-order valence-electron chi connectivity index (χ1n) is 10.8. The fourth-order valence-electron chi connectivity index (χ4n) is 3.71. The van der Waals surface area contributed by atoms with Crippen molar-refractivity contribution >= 4 is 47.4 Å². The molecule has 1 unspecified atom stereocenters. The van der Waals surface area contributed by atoms with Crippen LogP contribution in [0.25, 0.3) is 0 Å². The van der Waals surface area contributed by atoms with Crippen LogP contribution in [0.4, 0.5) is 5.82 Å². The summed E-state index contributed by atoms with van der Waals surface area (Å²) >= 11 is 6.29. The van der Waals surface area contributed by atoms with Crippen molar-refractivity contribution in [2.45, 2.75) is 38.6 Å². The van der Waals surface area contributed by atoms with Crippen molar-refractivity contribution in [1.29, 1.82) is 0 Å². The van der Waals surface area contributed by atoms with E-state index < -0.39 is 0 Å². The Morgan fingerprint density at radius 1 is 1.37 bits per heavy atom. The summed E-state index contributed by atoms with van der Waals surface area (Å²) in [6, 6.07) is 4.08. The molecule has 2 saturated heterocycles. The third-order valence-corrected chi connectivity index (χ3v) is 5.62. The molecular weight excluding hydrogens is 517 g/mol. The number of guanidine groups is 1. The summed E-state index contributed by atoms with van der Waals surface area (Å²) in [6.07, 6.45) is 5.99. The van der Waals surface area contributed by atoms with Gasteiger partial charge in [-0.3, -0.25) is 4.99 Å². The van der Waals surface area contributed by atoms with Crippen molar-refractivity contribution in [1.82, 2.24) is 15.6 Å². The Morgan fingerprint density at radius 3 is 2.97 bits per heavy atom. The number of rotatable bonds is 9. The Hall–Kier alpha value is -0.840. The minimum atomic E-state index is 0. The summed E-state index contributed by atoms with van der Waals surface area (Å²) in [6.45, 7) is 8.85. The van der Waals surface area contributed by atoms with Gasteiger partial charge in [0.15, 0.2) is 5.96 Å². The first-order valence-corrected chi connectivity index (χ1v) is 11.2. The monoisotopic (exact) mass is 551 g/mol. The van der Waals surface area contributed by atoms with Crippen LogP contribution in [0.1, 0.15) is 32.6 Å². The van der Waals surface area contributed by atoms with E-state index in [0.717, 1.165) is 90.1 Å². The molecule has 2 fully saturated rings. The van der Waals surface area contributed by atoms with Crippen LogP contribution < -0.4 is 15.5 Å². The molecule has 0 aliphatic carbocycles. The zero-order valence-electron chi connectivity index (χ0n) is 17.8. The van der Waals surface area contributed by atoms with E-state index >= 15 is 0 Å². The van der Waals surface area contributed by atoms with Gasteiger partial charge in [0.05, 0.1) is 5.02 Å². The van der Waals surface area contributed by atoms with Gasteiger partial charge in [0.2, 0.25) is 0 Å². The Kier molecular flexibility index (Phi) is 12.1. The molecule has 1 atom stereocenters. The molecule has 3 rings (SSSR count). The van der Waals surface area contributed by atoms with Crippen LogP contribution in [-0.2, 0) is 9.47 Å². The number of pyridine rings is 1. The number of hydrogen-bond donors (Lipinski definition) is 2. The van der Waals surface area contributed by atoms with Gasteiger partial charge in [0.25, 0.3) is 0 Å². The van der Waals surface area contributed by atoms with Crippen LogP contribution in [0.5, 0.6) is 0 Å². The van der Waals surface area contributed by atoms with Gasteiger partial charge in [-0.15, -0.1) is 24.0 Å². The number of nitrogens with zero attached hydrogens (tertiary/aromatic N) is 3. The Bertz CT molecular complexity index is 646. The highest BCUT2D eigenvalue weighted by molar-refractivity contribution is 14.0. The van der Waals surface area contributed by atoms with Gasteiger partial charge in [-0.05, 0) is 50.7 Å². The van der Waals surface area contributed by atoms with Crippen molar-refractivity contribution in [3.63, 3.8) is 0 Å². The fraction of sp³-hybridized carbons (Fsp3) is 0.714. The van der Waals surface area contributed by atoms with Crippen LogP contribution in [0.15, 0.2) is 23.3 Å². The number of aliphatic imine (C=N–C) groups is 1. The minimum Gasteiger partial charge on any atom is -0.381 e. The largest absolute Gasteiger partial charge is 0.381 e. The van der Waals surface area contributed by atoms with E-state index in [1.54, 1.807) is 6.20 Å². The van der Waals surface area contributed by atoms with Crippen LogP contribution in [0.3, 0.4) is 0 Å². The number of hydrogen-bond acceptors (Lipinski definition) is 5. The lowest BCUT2D eigenvalue weighted by Crippen LogP contribution is -2.44. The molecule has 3 heterocycles. The lowest BCUT2D eigenvalue weighted by Gasteiger charge is -2.21. The quantitative estimate of drug-likeness (QED) is 0.212. The summed E-state index contributed by atoms with van der Waals surface area (Å²) < 4.78 is 11.2. The summed E-state index contributed by atoms with van der Waals surface area (Å²) in [5, 5.41) is 7.60. The molecule has 0 saturated carbocycles. The van der Waals surface area contributed by atoms with Crippen molar-refractivity contribution in [3.8, 4) is 0 Å². The molecular formula is C21H35ClIN5O2. The smallest absolute Gasteiger partial charge is 0.191 e. The second-order valence-electron chi connectivity index (χ2n) is 7.63. The van der Waals surface area contributed by atoms with E-state index in [0.29, 0.717) is 17.0 Å². The van der Waals surface area contributed by atoms with E-state index in [2.05, 4.69) is 27.4 Å². The summed E-state index contributed by atoms with van der Waals surface area (Å²) in [5.41, 5.74) is 0. The molecule has 0 radical (unpaired) electrons. The predicted octanol–water partition coefficient (Wildman–Crippen LogP) is 3.32. The van der Waals surface area contributed by atoms with Crippen molar-refractivity contribution in [3.05, 3.63) is 23.4 Å². The number of ether oxygens (including phenoxy) is 2. The maximum atomic E-state index is 6.29. The normalized spacial score (nSPS) is 20.1. The zero-order valence-corrected chi connectivity index (χ0v) is 20.9. The molecule has 1 aromatic rings. The molecule has 1 aromatic heterocycles. The average molecular weight is 552 g/mol. The molecule has 2 aliphatic rings. The fourth-order valence-corrected chi connectivity index (χ4v) is 3.96. The molecule has 2 aliphatic heterocycles. The second-order valence-corrected chi connectivity index (χ2v) is 8.04. The van der Waals surface area contributed by atoms with Gasteiger partial charge >= 0.3 is 0 Å². The Labute approximate surface area is 202 Å². The minimum absolute atomic E-state index is 0. The van der Waals surface area contributed by atoms with Crippen molar-refractivity contribution < 1.29 is 9.47 Å². The van der Waals surface area contributed by atoms with Gasteiger partial charge in [0, 0.05) is 64.8 Å². The Morgan fingerprint density at radius 2 is 2.20 bits per heavy atom. The summed E-state index contributed by atoms with van der Waals surface area (Å²) in [4.78, 5) is 11.4. The number of nitrogens with one attached hydrogen (secondary N) is 2. The highest BCUT2D eigenvalue weighted by atomic mass is 127. The van der Waals surface area contributed by atoms with Crippen LogP contribution in [0.2, 0.25) is 5.02 Å². The second kappa shape index (κ2) is 14.3. The maximum Gasteiger partial charge on any atom is 0.191 e. The van der Waals surface area contributed by atoms with Gasteiger partial charge < -0.3 is 25.0 Å². The van der Waals surface area contributed by atoms with Crippen LogP contribution in [-0.4, -0.2) is 69.6 Å². The molecule has 9 heteroatoms. The summed E-state index contributed by atoms with van der Waals surface area (Å²) in [5.74, 6) is 2.39. The molecule has 30 heavy (non-hydrogen) atoms. The average Bonchev–Trinajstić information content (AvgIpc) is 3.20. The lowest BCUT2D eigenvalue weighted by atomic mass is 10.0. The topological polar surface area (TPSA) is 71.0 Å². The van der Waals surface area contributed by atoms with Gasteiger partial charge in [-0.2, -0.15) is 0 Å². The third-order valence-electron chi connectivity index (χ3n) is 5.32. The summed E-state index contributed by atoms with van der Waals surface area (Å²) in [7, 11) is 0. The molecule has 0 amide bonds. The van der Waals surface area contributed by atoms with E-state index in [9.17, 15) is 0 Å². The standard InChI is InChI=1S/C21H34ClN5O2.HI/c1-2-23-21(25-10-4-12-29-16-17-7-13-28-14-8-17)26-18-6-11-27(15-18)20-19(22)5-3-9-24-20;/h3,5,9,17-18H,2,4,6-8,10-16H2,1H3,(H2,23,25,26);1H. The molecule has 170 valence electrons. The molecule has 2 N–H and O–H groups in total. The Balaban J connectivity index is 0.00000320. The number of aromatic nitrogens is 1. The zero-order chi connectivity index (χ0) is 20.3. The van der Waals surface area contributed by atoms with Gasteiger partial charge in [-0.1, -0.05) is 11.6 Å². The first kappa shape index (κ1) is 25.4. The van der Waals surface area contributed by atoms with Gasteiger partial charge in [0.1, 0.15) is 5.82 Å². The molecule has 0 bridgehead atoms. The number of anilines is 1. The SMILES string of the molecule is CCNC(=NCCCOCC1CCOCC1)NC1CCN(c2ncccc2Cl)C1.I. The predicted molar refractivity (Wildman–Crippen MR) is 133 cm³/mol. The highest BCUT2D eigenvalue weighted by Gasteiger charge is 2.25. The van der Waals surface area contributed by atoms with E-state index in [-0.39, 0.29) is 24.0 Å². The van der Waals surface area contributed by atoms with Crippen molar-refractivity contribution in [2.24, 2.45) is 10.9 Å². The van der Waals surface area contributed by atoms with E-state index in [1.807, 2.05) is 12.1 Å². The first-order chi connectivity index (χ1) is 14.3. The molecule has 7 nitrogen and oxygen atoms in total. The van der Waals surface area contributed by atoms with Crippen LogP contribution in [0, 0.1) is 5.92 Å². The third kappa shape index (κ3) is 8.36. The van der Waals surface area contributed by atoms with Crippen LogP contribution >= 0.6 is 35.6 Å². The maximum absolute atomic E-state index is 6.29. The molecule has 0 aromatic carbocycles.